The Bertz CT molecular complexity index is 1640. The Labute approximate surface area is 242 Å². The van der Waals surface area contributed by atoms with E-state index in [-0.39, 0.29) is 10.8 Å². The molecule has 0 spiro atoms. The minimum absolute atomic E-state index is 0.0686. The number of hydrogen-bond acceptors (Lipinski definition) is 4. The number of piperidine rings is 1. The summed E-state index contributed by atoms with van der Waals surface area (Å²) in [5, 5.41) is 3.77. The molecule has 0 aromatic heterocycles. The number of rotatable bonds is 6. The van der Waals surface area contributed by atoms with Crippen LogP contribution < -0.4 is 9.62 Å². The van der Waals surface area contributed by atoms with E-state index in [1.165, 1.54) is 4.31 Å². The summed E-state index contributed by atoms with van der Waals surface area (Å²) in [7, 11) is -4.03. The Morgan fingerprint density at radius 1 is 0.897 bits per heavy atom. The first-order valence-corrected chi connectivity index (χ1v) is 15.4. The Morgan fingerprint density at radius 2 is 1.56 bits per heavy atom. The molecule has 1 N–H and O–H groups in total. The lowest BCUT2D eigenvalue weighted by atomic mass is 9.80. The predicted octanol–water partition coefficient (Wildman–Crippen LogP) is 6.26. The molecule has 4 aromatic carbocycles. The van der Waals surface area contributed by atoms with Crippen molar-refractivity contribution >= 4 is 49.9 Å². The van der Waals surface area contributed by atoms with Gasteiger partial charge < -0.3 is 10.2 Å². The number of carbonyl (C=O) groups is 1. The van der Waals surface area contributed by atoms with E-state index in [0.717, 1.165) is 25.9 Å². The zero-order chi connectivity index (χ0) is 27.2. The molecule has 2 aliphatic heterocycles. The summed E-state index contributed by atoms with van der Waals surface area (Å²) in [4.78, 5) is 15.6. The molecule has 1 amide bonds. The summed E-state index contributed by atoms with van der Waals surface area (Å²) in [5.41, 5.74) is 3.44. The fourth-order valence-electron chi connectivity index (χ4n) is 5.79. The first kappa shape index (κ1) is 25.9. The topological polar surface area (TPSA) is 69.7 Å². The molecule has 0 saturated carbocycles. The van der Waals surface area contributed by atoms with E-state index in [0.29, 0.717) is 25.1 Å². The highest BCUT2D eigenvalue weighted by Crippen LogP contribution is 2.54. The highest BCUT2D eigenvalue weighted by atomic mass is 127. The first-order chi connectivity index (χ1) is 18.8. The number of fused-ring (bicyclic) bond motifs is 3. The second-order valence-corrected chi connectivity index (χ2v) is 13.1. The highest BCUT2D eigenvalue weighted by molar-refractivity contribution is 14.1. The third-order valence-corrected chi connectivity index (χ3v) is 10.4. The van der Waals surface area contributed by atoms with Crippen molar-refractivity contribution in [3.8, 4) is 0 Å². The lowest BCUT2D eigenvalue weighted by Crippen LogP contribution is -2.64. The van der Waals surface area contributed by atoms with Crippen molar-refractivity contribution in [1.29, 1.82) is 0 Å². The van der Waals surface area contributed by atoms with Crippen molar-refractivity contribution in [2.75, 3.05) is 9.62 Å². The number of benzene rings is 4. The van der Waals surface area contributed by atoms with Crippen molar-refractivity contribution in [3.63, 3.8) is 0 Å². The molecule has 2 atom stereocenters. The number of likely N-dealkylation sites (tertiary alicyclic amines) is 1. The fourth-order valence-corrected chi connectivity index (χ4v) is 8.00. The number of halogens is 1. The van der Waals surface area contributed by atoms with E-state index in [9.17, 15) is 13.2 Å². The van der Waals surface area contributed by atoms with E-state index < -0.39 is 21.7 Å². The Hall–Kier alpha value is -3.37. The van der Waals surface area contributed by atoms with E-state index in [1.54, 1.807) is 29.2 Å². The van der Waals surface area contributed by atoms with Crippen LogP contribution >= 0.6 is 22.6 Å². The van der Waals surface area contributed by atoms with Gasteiger partial charge in [-0.2, -0.15) is 0 Å². The zero-order valence-corrected chi connectivity index (χ0v) is 24.4. The van der Waals surface area contributed by atoms with Crippen LogP contribution in [-0.4, -0.2) is 25.4 Å². The number of anilines is 2. The summed E-state index contributed by atoms with van der Waals surface area (Å²) in [6, 6.07) is 32.3. The van der Waals surface area contributed by atoms with E-state index in [1.807, 2.05) is 85.8 Å². The van der Waals surface area contributed by atoms with Gasteiger partial charge in [0, 0.05) is 27.8 Å². The maximum Gasteiger partial charge on any atom is 0.266 e. The molecule has 0 aliphatic carbocycles. The summed E-state index contributed by atoms with van der Waals surface area (Å²) >= 11 is 2.29. The van der Waals surface area contributed by atoms with Gasteiger partial charge in [0.05, 0.1) is 10.6 Å². The number of aryl methyl sites for hydroxylation is 1. The van der Waals surface area contributed by atoms with Crippen LogP contribution in [0.5, 0.6) is 0 Å². The fraction of sp³-hybridized carbons (Fsp3) is 0.194. The molecule has 0 radical (unpaired) electrons. The maximum absolute atomic E-state index is 14.5. The number of para-hydroxylation sites is 2. The largest absolute Gasteiger partial charge is 0.371 e. The van der Waals surface area contributed by atoms with E-state index >= 15 is 0 Å². The molecule has 6 rings (SSSR count). The third-order valence-electron chi connectivity index (χ3n) is 7.64. The van der Waals surface area contributed by atoms with Crippen molar-refractivity contribution in [2.45, 2.75) is 42.9 Å². The Kier molecular flexibility index (Phi) is 6.63. The van der Waals surface area contributed by atoms with Gasteiger partial charge in [0.2, 0.25) is 5.91 Å². The molecule has 2 heterocycles. The molecule has 2 aliphatic rings. The number of nitrogens with zero attached hydrogens (tertiary/aromatic N) is 2. The molecule has 6 nitrogen and oxygen atoms in total. The second-order valence-electron chi connectivity index (χ2n) is 10.1. The zero-order valence-electron chi connectivity index (χ0n) is 21.4. The Morgan fingerprint density at radius 3 is 2.31 bits per heavy atom. The van der Waals surface area contributed by atoms with E-state index in [2.05, 4.69) is 27.9 Å². The molecule has 198 valence electrons. The van der Waals surface area contributed by atoms with E-state index in [4.69, 9.17) is 0 Å². The summed E-state index contributed by atoms with van der Waals surface area (Å²) in [6.07, 6.45) is -0.0467. The van der Waals surface area contributed by atoms with Crippen LogP contribution in [0.3, 0.4) is 0 Å². The normalized spacial score (nSPS) is 20.5. The molecule has 0 unspecified atom stereocenters. The van der Waals surface area contributed by atoms with Crippen molar-refractivity contribution in [2.24, 2.45) is 0 Å². The van der Waals surface area contributed by atoms with Crippen molar-refractivity contribution in [1.82, 2.24) is 4.90 Å². The minimum atomic E-state index is -4.03. The van der Waals surface area contributed by atoms with Crippen LogP contribution in [0.25, 0.3) is 0 Å². The number of hydrogen-bond donors (Lipinski definition) is 1. The SMILES string of the molecule is Cc1ccc(S(=O)(=O)N2c3ccccc3[C@]3(Nc4ccccc4I)CCC(=O)N(Cc4ccccc4)[C@H]23)cc1. The number of carbonyl (C=O) groups excluding carboxylic acids is 1. The molecule has 1 fully saturated rings. The molecule has 8 heteroatoms. The summed E-state index contributed by atoms with van der Waals surface area (Å²) in [5.74, 6) is -0.0686. The molecule has 4 aromatic rings. The van der Waals surface area contributed by atoms with Crippen molar-refractivity contribution < 1.29 is 13.2 Å². The lowest BCUT2D eigenvalue weighted by molar-refractivity contribution is -0.139. The van der Waals surface area contributed by atoms with Gasteiger partial charge in [-0.3, -0.25) is 4.79 Å². The highest BCUT2D eigenvalue weighted by Gasteiger charge is 2.60. The smallest absolute Gasteiger partial charge is 0.266 e. The monoisotopic (exact) mass is 649 g/mol. The van der Waals surface area contributed by atoms with Crippen LogP contribution in [0.1, 0.15) is 29.5 Å². The average Bonchev–Trinajstić information content (AvgIpc) is 3.24. The number of sulfonamides is 1. The number of nitrogens with one attached hydrogen (secondary N) is 1. The molecule has 0 bridgehead atoms. The minimum Gasteiger partial charge on any atom is -0.371 e. The van der Waals surface area contributed by atoms with Crippen LogP contribution in [0.2, 0.25) is 0 Å². The van der Waals surface area contributed by atoms with Gasteiger partial charge in [-0.15, -0.1) is 0 Å². The van der Waals surface area contributed by atoms with Crippen LogP contribution in [0.15, 0.2) is 108 Å². The van der Waals surface area contributed by atoms with Crippen molar-refractivity contribution in [3.05, 3.63) is 123 Å². The van der Waals surface area contributed by atoms with Crippen LogP contribution in [0, 0.1) is 10.5 Å². The average molecular weight is 650 g/mol. The first-order valence-electron chi connectivity index (χ1n) is 12.9. The standard InChI is InChI=1S/C31H28IN3O3S/c1-22-15-17-24(18-16-22)39(37,38)35-28-14-8-5-11-25(28)31(33-27-13-7-6-12-26(27)32)20-19-29(36)34(30(31)35)21-23-9-3-2-4-10-23/h2-18,30,33H,19-21H2,1H3/t30-,31-/m1/s1. The van der Waals surface area contributed by atoms with Gasteiger partial charge in [-0.25, -0.2) is 12.7 Å². The summed E-state index contributed by atoms with van der Waals surface area (Å²) in [6.45, 7) is 2.23. The van der Waals surface area contributed by atoms with Gasteiger partial charge in [-0.1, -0.05) is 78.4 Å². The predicted molar refractivity (Wildman–Crippen MR) is 162 cm³/mol. The second kappa shape index (κ2) is 9.98. The van der Waals surface area contributed by atoms with Crippen LogP contribution in [-0.2, 0) is 26.9 Å². The van der Waals surface area contributed by atoms with Gasteiger partial charge >= 0.3 is 0 Å². The summed E-state index contributed by atoms with van der Waals surface area (Å²) < 4.78 is 31.5. The third kappa shape index (κ3) is 4.39. The molecule has 39 heavy (non-hydrogen) atoms. The maximum atomic E-state index is 14.5. The molecule has 1 saturated heterocycles. The molecular weight excluding hydrogens is 621 g/mol. The molecular formula is C31H28IN3O3S. The quantitative estimate of drug-likeness (QED) is 0.251. The number of amides is 1. The van der Waals surface area contributed by atoms with Gasteiger partial charge in [0.15, 0.2) is 0 Å². The lowest BCUT2D eigenvalue weighted by Gasteiger charge is -2.49. The van der Waals surface area contributed by atoms with Gasteiger partial charge in [-0.05, 0) is 71.8 Å². The van der Waals surface area contributed by atoms with Gasteiger partial charge in [0.25, 0.3) is 10.0 Å². The van der Waals surface area contributed by atoms with Gasteiger partial charge in [0.1, 0.15) is 11.7 Å². The Balaban J connectivity index is 1.58. The van der Waals surface area contributed by atoms with Crippen LogP contribution in [0.4, 0.5) is 11.4 Å².